The van der Waals surface area contributed by atoms with E-state index >= 15 is 0 Å². The van der Waals surface area contributed by atoms with E-state index in [1.807, 2.05) is 12.3 Å². The summed E-state index contributed by atoms with van der Waals surface area (Å²) in [5.74, 6) is 0.872. The van der Waals surface area contributed by atoms with Crippen LogP contribution in [0.25, 0.3) is 0 Å². The molecular formula is C15H25N3. The molecule has 1 aliphatic heterocycles. The van der Waals surface area contributed by atoms with Crippen LogP contribution in [0.5, 0.6) is 0 Å². The van der Waals surface area contributed by atoms with Gasteiger partial charge in [-0.2, -0.15) is 0 Å². The molecule has 0 saturated carbocycles. The van der Waals surface area contributed by atoms with Crippen molar-refractivity contribution >= 4 is 0 Å². The zero-order valence-electron chi connectivity index (χ0n) is 11.4. The van der Waals surface area contributed by atoms with Gasteiger partial charge in [-0.15, -0.1) is 0 Å². The van der Waals surface area contributed by atoms with Crippen LogP contribution in [-0.2, 0) is 6.54 Å². The Kier molecular flexibility index (Phi) is 5.62. The fraction of sp³-hybridized carbons (Fsp3) is 0.667. The summed E-state index contributed by atoms with van der Waals surface area (Å²) in [6, 6.07) is 6.17. The normalized spacial score (nSPS) is 20.2. The Labute approximate surface area is 111 Å². The van der Waals surface area contributed by atoms with Crippen molar-refractivity contribution in [1.29, 1.82) is 0 Å². The molecule has 0 bridgehead atoms. The van der Waals surface area contributed by atoms with E-state index in [4.69, 9.17) is 0 Å². The Balaban J connectivity index is 1.75. The second-order valence-corrected chi connectivity index (χ2v) is 5.19. The maximum absolute atomic E-state index is 4.41. The molecule has 1 aliphatic rings. The number of nitrogens with one attached hydrogen (secondary N) is 1. The fourth-order valence-electron chi connectivity index (χ4n) is 2.61. The van der Waals surface area contributed by atoms with Gasteiger partial charge in [-0.05, 0) is 63.5 Å². The van der Waals surface area contributed by atoms with Crippen LogP contribution in [0.15, 0.2) is 24.4 Å². The monoisotopic (exact) mass is 247 g/mol. The molecule has 0 aromatic carbocycles. The van der Waals surface area contributed by atoms with E-state index in [0.29, 0.717) is 0 Å². The lowest BCUT2D eigenvalue weighted by atomic mass is 9.96. The highest BCUT2D eigenvalue weighted by Gasteiger charge is 2.14. The second kappa shape index (κ2) is 7.49. The second-order valence-electron chi connectivity index (χ2n) is 5.19. The quantitative estimate of drug-likeness (QED) is 0.836. The molecule has 1 N–H and O–H groups in total. The number of rotatable bonds is 6. The Hall–Kier alpha value is -0.930. The van der Waals surface area contributed by atoms with Gasteiger partial charge >= 0.3 is 0 Å². The number of pyridine rings is 1. The Morgan fingerprint density at radius 1 is 1.44 bits per heavy atom. The molecule has 1 atom stereocenters. The number of hydrogen-bond acceptors (Lipinski definition) is 3. The third-order valence-corrected chi connectivity index (χ3v) is 3.81. The van der Waals surface area contributed by atoms with Crippen LogP contribution < -0.4 is 5.32 Å². The van der Waals surface area contributed by atoms with Gasteiger partial charge in [0.2, 0.25) is 0 Å². The molecule has 0 amide bonds. The first-order chi connectivity index (χ1) is 8.88. The van der Waals surface area contributed by atoms with Crippen molar-refractivity contribution in [2.24, 2.45) is 5.92 Å². The van der Waals surface area contributed by atoms with E-state index in [1.165, 1.54) is 44.6 Å². The molecule has 1 unspecified atom stereocenters. The molecule has 100 valence electrons. The molecule has 3 heteroatoms. The van der Waals surface area contributed by atoms with Gasteiger partial charge < -0.3 is 5.32 Å². The van der Waals surface area contributed by atoms with Crippen LogP contribution in [0, 0.1) is 5.92 Å². The Morgan fingerprint density at radius 2 is 2.39 bits per heavy atom. The largest absolute Gasteiger partial charge is 0.316 e. The predicted octanol–water partition coefficient (Wildman–Crippen LogP) is 2.29. The van der Waals surface area contributed by atoms with Gasteiger partial charge in [0.1, 0.15) is 0 Å². The van der Waals surface area contributed by atoms with Gasteiger partial charge in [0, 0.05) is 12.7 Å². The zero-order chi connectivity index (χ0) is 12.6. The van der Waals surface area contributed by atoms with Gasteiger partial charge in [-0.1, -0.05) is 13.0 Å². The first kappa shape index (κ1) is 13.5. The molecule has 1 saturated heterocycles. The first-order valence-electron chi connectivity index (χ1n) is 7.21. The molecule has 1 aromatic rings. The van der Waals surface area contributed by atoms with Crippen molar-refractivity contribution < 1.29 is 0 Å². The van der Waals surface area contributed by atoms with Gasteiger partial charge in [0.15, 0.2) is 0 Å². The first-order valence-corrected chi connectivity index (χ1v) is 7.21. The van der Waals surface area contributed by atoms with Crippen LogP contribution >= 0.6 is 0 Å². The van der Waals surface area contributed by atoms with E-state index in [1.54, 1.807) is 0 Å². The molecule has 3 nitrogen and oxygen atoms in total. The molecule has 0 radical (unpaired) electrons. The summed E-state index contributed by atoms with van der Waals surface area (Å²) in [6.45, 7) is 7.94. The molecule has 2 heterocycles. The molecule has 0 aliphatic carbocycles. The minimum atomic E-state index is 0.872. The van der Waals surface area contributed by atoms with Crippen LogP contribution in [0.2, 0.25) is 0 Å². The minimum absolute atomic E-state index is 0.872. The lowest BCUT2D eigenvalue weighted by molar-refractivity contribution is 0.237. The van der Waals surface area contributed by atoms with Crippen LogP contribution in [-0.4, -0.2) is 36.1 Å². The van der Waals surface area contributed by atoms with Crippen LogP contribution in [0.1, 0.15) is 31.9 Å². The van der Waals surface area contributed by atoms with E-state index in [2.05, 4.69) is 34.3 Å². The summed E-state index contributed by atoms with van der Waals surface area (Å²) in [5.41, 5.74) is 1.18. The molecule has 1 fully saturated rings. The number of hydrogen-bond donors (Lipinski definition) is 1. The van der Waals surface area contributed by atoms with Crippen molar-refractivity contribution in [2.45, 2.75) is 32.7 Å². The lowest BCUT2D eigenvalue weighted by Crippen LogP contribution is -2.33. The summed E-state index contributed by atoms with van der Waals surface area (Å²) in [6.07, 6.45) is 5.94. The molecular weight excluding hydrogens is 222 g/mol. The summed E-state index contributed by atoms with van der Waals surface area (Å²) in [4.78, 5) is 6.90. The summed E-state index contributed by atoms with van der Waals surface area (Å²) >= 11 is 0. The van der Waals surface area contributed by atoms with Crippen molar-refractivity contribution in [3.05, 3.63) is 30.1 Å². The average Bonchev–Trinajstić information content (AvgIpc) is 2.45. The maximum atomic E-state index is 4.41. The van der Waals surface area contributed by atoms with E-state index in [9.17, 15) is 0 Å². The molecule has 1 aromatic heterocycles. The smallest absolute Gasteiger partial charge is 0.0543 e. The molecule has 2 rings (SSSR count). The summed E-state index contributed by atoms with van der Waals surface area (Å²) < 4.78 is 0. The van der Waals surface area contributed by atoms with Gasteiger partial charge in [0.05, 0.1) is 5.69 Å². The summed E-state index contributed by atoms with van der Waals surface area (Å²) in [7, 11) is 0. The van der Waals surface area contributed by atoms with Gasteiger partial charge in [-0.3, -0.25) is 9.88 Å². The highest BCUT2D eigenvalue weighted by Crippen LogP contribution is 2.15. The third kappa shape index (κ3) is 4.39. The van der Waals surface area contributed by atoms with E-state index < -0.39 is 0 Å². The minimum Gasteiger partial charge on any atom is -0.316 e. The van der Waals surface area contributed by atoms with E-state index in [0.717, 1.165) is 19.0 Å². The number of nitrogens with zero attached hydrogens (tertiary/aromatic N) is 2. The SMILES string of the molecule is CCN(CCC1CCCNC1)Cc1ccccn1. The fourth-order valence-corrected chi connectivity index (χ4v) is 2.61. The number of piperidine rings is 1. The zero-order valence-corrected chi connectivity index (χ0v) is 11.4. The Morgan fingerprint density at radius 3 is 3.06 bits per heavy atom. The van der Waals surface area contributed by atoms with Gasteiger partial charge in [-0.25, -0.2) is 0 Å². The van der Waals surface area contributed by atoms with Crippen LogP contribution in [0.3, 0.4) is 0 Å². The van der Waals surface area contributed by atoms with Crippen molar-refractivity contribution in [1.82, 2.24) is 15.2 Å². The van der Waals surface area contributed by atoms with Gasteiger partial charge in [0.25, 0.3) is 0 Å². The third-order valence-electron chi connectivity index (χ3n) is 3.81. The highest BCUT2D eigenvalue weighted by molar-refractivity contribution is 5.03. The standard InChI is InChI=1S/C15H25N3/c1-2-18(13-15-7-3-4-10-17-15)11-8-14-6-5-9-16-12-14/h3-4,7,10,14,16H,2,5-6,8-9,11-13H2,1H3. The summed E-state index contributed by atoms with van der Waals surface area (Å²) in [5, 5.41) is 3.50. The van der Waals surface area contributed by atoms with Crippen molar-refractivity contribution in [2.75, 3.05) is 26.2 Å². The molecule has 18 heavy (non-hydrogen) atoms. The average molecular weight is 247 g/mol. The Bertz CT molecular complexity index is 320. The van der Waals surface area contributed by atoms with Crippen molar-refractivity contribution in [3.8, 4) is 0 Å². The predicted molar refractivity (Wildman–Crippen MR) is 75.4 cm³/mol. The van der Waals surface area contributed by atoms with E-state index in [-0.39, 0.29) is 0 Å². The highest BCUT2D eigenvalue weighted by atomic mass is 15.1. The molecule has 0 spiro atoms. The van der Waals surface area contributed by atoms with Crippen molar-refractivity contribution in [3.63, 3.8) is 0 Å². The topological polar surface area (TPSA) is 28.2 Å². The van der Waals surface area contributed by atoms with Crippen LogP contribution in [0.4, 0.5) is 0 Å². The maximum Gasteiger partial charge on any atom is 0.0543 e. The lowest BCUT2D eigenvalue weighted by Gasteiger charge is -2.26. The number of aromatic nitrogens is 1.